The van der Waals surface area contributed by atoms with Crippen LogP contribution in [0.4, 0.5) is 13.2 Å². The van der Waals surface area contributed by atoms with E-state index in [0.29, 0.717) is 13.0 Å². The Morgan fingerprint density at radius 3 is 1.81 bits per heavy atom. The Balaban J connectivity index is 1.73. The lowest BCUT2D eigenvalue weighted by atomic mass is 10.00. The van der Waals surface area contributed by atoms with E-state index in [0.717, 1.165) is 29.7 Å². The van der Waals surface area contributed by atoms with Crippen molar-refractivity contribution < 1.29 is 17.9 Å². The van der Waals surface area contributed by atoms with Crippen molar-refractivity contribution in [1.82, 2.24) is 0 Å². The molecule has 1 unspecified atom stereocenters. The van der Waals surface area contributed by atoms with Gasteiger partial charge in [0.1, 0.15) is 0 Å². The summed E-state index contributed by atoms with van der Waals surface area (Å²) in [4.78, 5) is 0. The number of aryl methyl sites for hydroxylation is 1. The largest absolute Gasteiger partial charge is 0.416 e. The third kappa shape index (κ3) is 5.69. The zero-order valence-electron chi connectivity index (χ0n) is 14.8. The predicted molar refractivity (Wildman–Crippen MR) is 100 cm³/mol. The van der Waals surface area contributed by atoms with Crippen molar-refractivity contribution in [2.75, 3.05) is 0 Å². The maximum atomic E-state index is 12.8. The first-order valence-corrected chi connectivity index (χ1v) is 8.89. The first-order chi connectivity index (χ1) is 13.0. The van der Waals surface area contributed by atoms with Crippen molar-refractivity contribution in [1.29, 1.82) is 0 Å². The second-order valence-corrected chi connectivity index (χ2v) is 6.43. The van der Waals surface area contributed by atoms with Crippen LogP contribution < -0.4 is 0 Å². The molecule has 1 atom stereocenters. The third-order valence-corrected chi connectivity index (χ3v) is 4.44. The molecular weight excluding hydrogens is 349 g/mol. The molecule has 140 valence electrons. The van der Waals surface area contributed by atoms with Gasteiger partial charge in [-0.15, -0.1) is 0 Å². The van der Waals surface area contributed by atoms with Gasteiger partial charge in [-0.1, -0.05) is 72.8 Å². The quantitative estimate of drug-likeness (QED) is 0.455. The molecule has 0 aliphatic heterocycles. The summed E-state index contributed by atoms with van der Waals surface area (Å²) in [5, 5.41) is 0. The third-order valence-electron chi connectivity index (χ3n) is 4.44. The topological polar surface area (TPSA) is 9.23 Å². The molecule has 0 radical (unpaired) electrons. The fraction of sp³-hybridized carbons (Fsp3) is 0.217. The van der Waals surface area contributed by atoms with Crippen LogP contribution in [0.2, 0.25) is 0 Å². The number of hydrogen-bond acceptors (Lipinski definition) is 1. The van der Waals surface area contributed by atoms with Gasteiger partial charge in [-0.2, -0.15) is 13.2 Å². The Labute approximate surface area is 157 Å². The van der Waals surface area contributed by atoms with Gasteiger partial charge in [0.2, 0.25) is 0 Å². The summed E-state index contributed by atoms with van der Waals surface area (Å²) in [6.45, 7) is 0.418. The lowest BCUT2D eigenvalue weighted by Gasteiger charge is -2.19. The minimum Gasteiger partial charge on any atom is -0.369 e. The number of hydrogen-bond donors (Lipinski definition) is 0. The maximum Gasteiger partial charge on any atom is 0.416 e. The highest BCUT2D eigenvalue weighted by molar-refractivity contribution is 5.27. The summed E-state index contributed by atoms with van der Waals surface area (Å²) in [6.07, 6.45) is -3.11. The van der Waals surface area contributed by atoms with Crippen LogP contribution in [0.15, 0.2) is 84.9 Å². The van der Waals surface area contributed by atoms with Crippen LogP contribution in [-0.4, -0.2) is 0 Å². The Morgan fingerprint density at radius 1 is 0.704 bits per heavy atom. The second-order valence-electron chi connectivity index (χ2n) is 6.43. The van der Waals surface area contributed by atoms with Gasteiger partial charge in [0.15, 0.2) is 0 Å². The van der Waals surface area contributed by atoms with Crippen molar-refractivity contribution in [3.63, 3.8) is 0 Å². The van der Waals surface area contributed by atoms with Gasteiger partial charge >= 0.3 is 6.18 Å². The standard InChI is InChI=1S/C23H21F3O/c24-23(25,26)21-14-12-20(13-15-21)22(16-11-18-7-3-1-4-8-18)27-17-19-9-5-2-6-10-19/h1-10,12-15,22H,11,16-17H2. The van der Waals surface area contributed by atoms with Crippen LogP contribution in [0.25, 0.3) is 0 Å². The van der Waals surface area contributed by atoms with E-state index >= 15 is 0 Å². The second kappa shape index (κ2) is 8.87. The average molecular weight is 370 g/mol. The van der Waals surface area contributed by atoms with E-state index in [4.69, 9.17) is 4.74 Å². The number of benzene rings is 3. The van der Waals surface area contributed by atoms with Gasteiger partial charge in [-0.25, -0.2) is 0 Å². The summed E-state index contributed by atoms with van der Waals surface area (Å²) < 4.78 is 44.6. The molecule has 0 heterocycles. The zero-order valence-corrected chi connectivity index (χ0v) is 14.8. The van der Waals surface area contributed by atoms with E-state index in [9.17, 15) is 13.2 Å². The van der Waals surface area contributed by atoms with Crippen molar-refractivity contribution in [2.24, 2.45) is 0 Å². The summed E-state index contributed by atoms with van der Waals surface area (Å²) in [5.74, 6) is 0. The highest BCUT2D eigenvalue weighted by Gasteiger charge is 2.30. The molecule has 0 saturated heterocycles. The monoisotopic (exact) mass is 370 g/mol. The van der Waals surface area contributed by atoms with Crippen LogP contribution in [0, 0.1) is 0 Å². The molecule has 0 fully saturated rings. The van der Waals surface area contributed by atoms with Gasteiger partial charge in [0.25, 0.3) is 0 Å². The van der Waals surface area contributed by atoms with Gasteiger partial charge in [-0.3, -0.25) is 0 Å². The normalized spacial score (nSPS) is 12.7. The summed E-state index contributed by atoms with van der Waals surface area (Å²) in [7, 11) is 0. The fourth-order valence-electron chi connectivity index (χ4n) is 2.95. The minimum atomic E-state index is -4.33. The lowest BCUT2D eigenvalue weighted by molar-refractivity contribution is -0.137. The van der Waals surface area contributed by atoms with E-state index < -0.39 is 11.7 Å². The van der Waals surface area contributed by atoms with Crippen molar-refractivity contribution in [3.05, 3.63) is 107 Å². The molecule has 0 aliphatic carbocycles. The average Bonchev–Trinajstić information content (AvgIpc) is 2.69. The summed E-state index contributed by atoms with van der Waals surface area (Å²) >= 11 is 0. The number of rotatable bonds is 7. The zero-order chi connectivity index (χ0) is 19.1. The van der Waals surface area contributed by atoms with E-state index in [1.54, 1.807) is 0 Å². The minimum absolute atomic E-state index is 0.271. The molecule has 27 heavy (non-hydrogen) atoms. The Morgan fingerprint density at radius 2 is 1.26 bits per heavy atom. The van der Waals surface area contributed by atoms with Gasteiger partial charge in [0, 0.05) is 0 Å². The molecule has 3 aromatic rings. The molecule has 0 aromatic heterocycles. The van der Waals surface area contributed by atoms with Crippen LogP contribution in [0.5, 0.6) is 0 Å². The fourth-order valence-corrected chi connectivity index (χ4v) is 2.95. The molecule has 0 N–H and O–H groups in total. The molecule has 0 amide bonds. The molecule has 0 bridgehead atoms. The van der Waals surface area contributed by atoms with Crippen LogP contribution in [0.3, 0.4) is 0 Å². The highest BCUT2D eigenvalue weighted by atomic mass is 19.4. The predicted octanol–water partition coefficient (Wildman–Crippen LogP) is 6.60. The first kappa shape index (κ1) is 19.2. The summed E-state index contributed by atoms with van der Waals surface area (Å²) in [5.41, 5.74) is 2.33. The van der Waals surface area contributed by atoms with Crippen molar-refractivity contribution in [2.45, 2.75) is 31.7 Å². The smallest absolute Gasteiger partial charge is 0.369 e. The number of halogens is 3. The Hall–Kier alpha value is -2.59. The highest BCUT2D eigenvalue weighted by Crippen LogP contribution is 2.31. The molecule has 4 heteroatoms. The lowest BCUT2D eigenvalue weighted by Crippen LogP contribution is -2.09. The molecule has 1 nitrogen and oxygen atoms in total. The van der Waals surface area contributed by atoms with E-state index in [-0.39, 0.29) is 6.10 Å². The molecule has 0 spiro atoms. The Kier molecular flexibility index (Phi) is 6.30. The summed E-state index contributed by atoms with van der Waals surface area (Å²) in [6, 6.07) is 25.0. The van der Waals surface area contributed by atoms with E-state index in [1.807, 2.05) is 60.7 Å². The molecule has 3 rings (SSSR count). The van der Waals surface area contributed by atoms with Crippen LogP contribution in [-0.2, 0) is 23.9 Å². The van der Waals surface area contributed by atoms with Crippen molar-refractivity contribution in [3.8, 4) is 0 Å². The molecule has 0 aliphatic rings. The van der Waals surface area contributed by atoms with Crippen molar-refractivity contribution >= 4 is 0 Å². The maximum absolute atomic E-state index is 12.8. The first-order valence-electron chi connectivity index (χ1n) is 8.89. The van der Waals surface area contributed by atoms with Gasteiger partial charge in [-0.05, 0) is 41.7 Å². The van der Waals surface area contributed by atoms with Gasteiger partial charge < -0.3 is 4.74 Å². The van der Waals surface area contributed by atoms with E-state index in [1.165, 1.54) is 17.7 Å². The Bertz CT molecular complexity index is 768. The van der Waals surface area contributed by atoms with Gasteiger partial charge in [0.05, 0.1) is 18.3 Å². The van der Waals surface area contributed by atoms with Crippen LogP contribution in [0.1, 0.15) is 34.8 Å². The SMILES string of the molecule is FC(F)(F)c1ccc(C(CCc2ccccc2)OCc2ccccc2)cc1. The number of alkyl halides is 3. The van der Waals surface area contributed by atoms with Crippen LogP contribution >= 0.6 is 0 Å². The molecule has 0 saturated carbocycles. The molecule has 3 aromatic carbocycles. The van der Waals surface area contributed by atoms with E-state index in [2.05, 4.69) is 0 Å². The molecular formula is C23H21F3O. The number of ether oxygens (including phenoxy) is 1.